The van der Waals surface area contributed by atoms with Gasteiger partial charge in [0.2, 0.25) is 0 Å². The molecule has 0 atom stereocenters. The van der Waals surface area contributed by atoms with Crippen LogP contribution in [-0.4, -0.2) is 4.98 Å². The van der Waals surface area contributed by atoms with E-state index in [-0.39, 0.29) is 11.2 Å². The van der Waals surface area contributed by atoms with Crippen LogP contribution in [0.15, 0.2) is 48.7 Å². The lowest BCUT2D eigenvalue weighted by molar-refractivity contribution is 0.304. The number of H-pyrrole nitrogens is 1. The summed E-state index contributed by atoms with van der Waals surface area (Å²) in [6.07, 6.45) is 5.52. The molecular weight excluding hydrogens is 261 g/mol. The van der Waals surface area contributed by atoms with Crippen LogP contribution in [0.5, 0.6) is 0 Å². The first-order chi connectivity index (χ1) is 10.2. The van der Waals surface area contributed by atoms with Gasteiger partial charge < -0.3 is 4.98 Å². The summed E-state index contributed by atoms with van der Waals surface area (Å²) < 4.78 is 13.9. The average molecular weight is 279 g/mol. The Morgan fingerprint density at radius 1 is 1.05 bits per heavy atom. The number of halogens is 1. The maximum atomic E-state index is 13.9. The van der Waals surface area contributed by atoms with Crippen LogP contribution in [0, 0.1) is 12.7 Å². The van der Waals surface area contributed by atoms with Crippen molar-refractivity contribution < 1.29 is 4.39 Å². The molecule has 0 radical (unpaired) electrons. The van der Waals surface area contributed by atoms with Gasteiger partial charge in [0.1, 0.15) is 5.82 Å². The number of rotatable bonds is 2. The normalized spacial score (nSPS) is 16.9. The van der Waals surface area contributed by atoms with Crippen molar-refractivity contribution >= 4 is 10.9 Å². The minimum absolute atomic E-state index is 0.0553. The molecule has 2 heteroatoms. The summed E-state index contributed by atoms with van der Waals surface area (Å²) in [5.41, 5.74) is 4.56. The highest BCUT2D eigenvalue weighted by atomic mass is 19.1. The summed E-state index contributed by atoms with van der Waals surface area (Å²) >= 11 is 0. The van der Waals surface area contributed by atoms with Crippen molar-refractivity contribution in [3.63, 3.8) is 0 Å². The van der Waals surface area contributed by atoms with E-state index in [4.69, 9.17) is 0 Å². The second-order valence-electron chi connectivity index (χ2n) is 6.17. The van der Waals surface area contributed by atoms with Crippen molar-refractivity contribution in [1.29, 1.82) is 0 Å². The van der Waals surface area contributed by atoms with Gasteiger partial charge in [0.05, 0.1) is 5.52 Å². The maximum absolute atomic E-state index is 13.9. The molecule has 106 valence electrons. The zero-order valence-electron chi connectivity index (χ0n) is 12.1. The standard InChI is InChI=1S/C19H18FN/c1-13-6-8-14(9-7-13)19(10-3-11-19)16-12-21-18-15(16)4-2-5-17(18)20/h2,4-9,12,21H,3,10-11H2,1H3. The van der Waals surface area contributed by atoms with E-state index in [9.17, 15) is 4.39 Å². The molecule has 1 aliphatic carbocycles. The minimum Gasteiger partial charge on any atom is -0.358 e. The van der Waals surface area contributed by atoms with Gasteiger partial charge in [-0.25, -0.2) is 4.39 Å². The fraction of sp³-hybridized carbons (Fsp3) is 0.263. The van der Waals surface area contributed by atoms with Crippen LogP contribution in [0.2, 0.25) is 0 Å². The van der Waals surface area contributed by atoms with Gasteiger partial charge in [-0.05, 0) is 37.0 Å². The number of nitrogens with one attached hydrogen (secondary N) is 1. The van der Waals surface area contributed by atoms with Crippen LogP contribution in [-0.2, 0) is 5.41 Å². The summed E-state index contributed by atoms with van der Waals surface area (Å²) in [6.45, 7) is 2.11. The largest absolute Gasteiger partial charge is 0.358 e. The van der Waals surface area contributed by atoms with E-state index in [1.54, 1.807) is 6.07 Å². The lowest BCUT2D eigenvalue weighted by Gasteiger charge is -2.42. The molecule has 1 aromatic heterocycles. The van der Waals surface area contributed by atoms with Gasteiger partial charge in [0.15, 0.2) is 0 Å². The molecule has 1 nitrogen and oxygen atoms in total. The van der Waals surface area contributed by atoms with Crippen molar-refractivity contribution in [3.8, 4) is 0 Å². The highest BCUT2D eigenvalue weighted by Gasteiger charge is 2.41. The number of hydrogen-bond donors (Lipinski definition) is 1. The Hall–Kier alpha value is -2.09. The first kappa shape index (κ1) is 12.6. The Morgan fingerprint density at radius 2 is 1.81 bits per heavy atom. The molecule has 0 saturated heterocycles. The van der Waals surface area contributed by atoms with E-state index in [0.29, 0.717) is 5.52 Å². The highest BCUT2D eigenvalue weighted by Crippen LogP contribution is 2.51. The number of hydrogen-bond acceptors (Lipinski definition) is 0. The molecule has 1 heterocycles. The van der Waals surface area contributed by atoms with Crippen LogP contribution >= 0.6 is 0 Å². The van der Waals surface area contributed by atoms with E-state index < -0.39 is 0 Å². The molecule has 0 spiro atoms. The topological polar surface area (TPSA) is 15.8 Å². The maximum Gasteiger partial charge on any atom is 0.147 e. The number of benzene rings is 2. The van der Waals surface area contributed by atoms with E-state index in [1.807, 2.05) is 12.3 Å². The van der Waals surface area contributed by atoms with Crippen LogP contribution < -0.4 is 0 Å². The van der Waals surface area contributed by atoms with Gasteiger partial charge in [0, 0.05) is 17.0 Å². The Morgan fingerprint density at radius 3 is 2.48 bits per heavy atom. The molecule has 0 unspecified atom stereocenters. The molecule has 1 aliphatic rings. The Kier molecular flexibility index (Phi) is 2.68. The summed E-state index contributed by atoms with van der Waals surface area (Å²) in [4.78, 5) is 3.14. The molecule has 1 fully saturated rings. The van der Waals surface area contributed by atoms with E-state index >= 15 is 0 Å². The smallest absolute Gasteiger partial charge is 0.147 e. The summed E-state index contributed by atoms with van der Waals surface area (Å²) in [6, 6.07) is 14.1. The number of fused-ring (bicyclic) bond motifs is 1. The predicted molar refractivity (Wildman–Crippen MR) is 84.1 cm³/mol. The van der Waals surface area contributed by atoms with Crippen LogP contribution in [0.1, 0.15) is 36.0 Å². The average Bonchev–Trinajstić information content (AvgIpc) is 2.86. The number of para-hydroxylation sites is 1. The fourth-order valence-corrected chi connectivity index (χ4v) is 3.63. The Labute approximate surface area is 123 Å². The molecule has 21 heavy (non-hydrogen) atoms. The number of aryl methyl sites for hydroxylation is 1. The number of aromatic nitrogens is 1. The van der Waals surface area contributed by atoms with Gasteiger partial charge in [-0.1, -0.05) is 48.4 Å². The van der Waals surface area contributed by atoms with Crippen molar-refractivity contribution in [1.82, 2.24) is 4.98 Å². The fourth-order valence-electron chi connectivity index (χ4n) is 3.63. The highest BCUT2D eigenvalue weighted by molar-refractivity contribution is 5.85. The lowest BCUT2D eigenvalue weighted by atomic mass is 9.60. The van der Waals surface area contributed by atoms with Gasteiger partial charge in [-0.2, -0.15) is 0 Å². The SMILES string of the molecule is Cc1ccc(C2(c3c[nH]c4c(F)cccc34)CCC2)cc1. The second kappa shape index (κ2) is 4.45. The van der Waals surface area contributed by atoms with Gasteiger partial charge >= 0.3 is 0 Å². The van der Waals surface area contributed by atoms with Crippen LogP contribution in [0.25, 0.3) is 10.9 Å². The third-order valence-corrected chi connectivity index (χ3v) is 4.99. The molecular formula is C19H18FN. The summed E-state index contributed by atoms with van der Waals surface area (Å²) in [7, 11) is 0. The van der Waals surface area contributed by atoms with Crippen LogP contribution in [0.4, 0.5) is 4.39 Å². The van der Waals surface area contributed by atoms with Gasteiger partial charge in [-0.3, -0.25) is 0 Å². The van der Waals surface area contributed by atoms with Gasteiger partial charge in [0.25, 0.3) is 0 Å². The first-order valence-electron chi connectivity index (χ1n) is 7.54. The summed E-state index contributed by atoms with van der Waals surface area (Å²) in [5, 5.41) is 1.02. The van der Waals surface area contributed by atoms with Crippen molar-refractivity contribution in [2.45, 2.75) is 31.6 Å². The first-order valence-corrected chi connectivity index (χ1v) is 7.54. The summed E-state index contributed by atoms with van der Waals surface area (Å²) in [5.74, 6) is -0.169. The Bertz CT molecular complexity index is 794. The lowest BCUT2D eigenvalue weighted by Crippen LogP contribution is -2.35. The zero-order valence-corrected chi connectivity index (χ0v) is 12.1. The van der Waals surface area contributed by atoms with Crippen molar-refractivity contribution in [3.05, 3.63) is 71.2 Å². The molecule has 0 bridgehead atoms. The number of aromatic amines is 1. The zero-order chi connectivity index (χ0) is 14.4. The molecule has 0 amide bonds. The minimum atomic E-state index is -0.169. The van der Waals surface area contributed by atoms with E-state index in [0.717, 1.165) is 18.2 Å². The molecule has 4 rings (SSSR count). The van der Waals surface area contributed by atoms with E-state index in [2.05, 4.69) is 36.2 Å². The monoisotopic (exact) mass is 279 g/mol. The molecule has 2 aromatic carbocycles. The second-order valence-corrected chi connectivity index (χ2v) is 6.17. The third kappa shape index (κ3) is 1.75. The van der Waals surface area contributed by atoms with Crippen molar-refractivity contribution in [2.75, 3.05) is 0 Å². The molecule has 1 saturated carbocycles. The Balaban J connectivity index is 1.92. The molecule has 3 aromatic rings. The third-order valence-electron chi connectivity index (χ3n) is 4.99. The van der Waals surface area contributed by atoms with Crippen molar-refractivity contribution in [2.24, 2.45) is 0 Å². The van der Waals surface area contributed by atoms with E-state index in [1.165, 1.54) is 29.2 Å². The van der Waals surface area contributed by atoms with Gasteiger partial charge in [-0.15, -0.1) is 0 Å². The quantitative estimate of drug-likeness (QED) is 0.673. The predicted octanol–water partition coefficient (Wildman–Crippen LogP) is 5.09. The molecule has 0 aliphatic heterocycles. The molecule has 1 N–H and O–H groups in total. The van der Waals surface area contributed by atoms with Crippen LogP contribution in [0.3, 0.4) is 0 Å².